The summed E-state index contributed by atoms with van der Waals surface area (Å²) in [7, 11) is 1.45. The third-order valence-electron chi connectivity index (χ3n) is 4.12. The first kappa shape index (κ1) is 18.5. The van der Waals surface area contributed by atoms with E-state index >= 15 is 0 Å². The second kappa shape index (κ2) is 7.79. The molecule has 132 valence electrons. The first-order valence-electron chi connectivity index (χ1n) is 8.41. The molecule has 24 heavy (non-hydrogen) atoms. The maximum Gasteiger partial charge on any atom is 0.338 e. The number of hydrogen-bond acceptors (Lipinski definition) is 5. The van der Waals surface area contributed by atoms with Crippen LogP contribution in [0, 0.1) is 5.92 Å². The predicted octanol–water partition coefficient (Wildman–Crippen LogP) is 3.03. The zero-order chi connectivity index (χ0) is 17.7. The smallest absolute Gasteiger partial charge is 0.338 e. The van der Waals surface area contributed by atoms with Crippen LogP contribution >= 0.6 is 0 Å². The third-order valence-corrected chi connectivity index (χ3v) is 4.12. The fraction of sp³-hybridized carbons (Fsp3) is 0.579. The Labute approximate surface area is 143 Å². The zero-order valence-corrected chi connectivity index (χ0v) is 15.0. The second-order valence-corrected chi connectivity index (χ2v) is 7.27. The van der Waals surface area contributed by atoms with Crippen LogP contribution in [0.1, 0.15) is 49.5 Å². The predicted molar refractivity (Wildman–Crippen MR) is 91.6 cm³/mol. The number of carbonyl (C=O) groups excluding carboxylic acids is 2. The van der Waals surface area contributed by atoms with Gasteiger partial charge in [0.15, 0.2) is 0 Å². The minimum atomic E-state index is -0.486. The molecule has 0 unspecified atom stereocenters. The summed E-state index contributed by atoms with van der Waals surface area (Å²) in [6.07, 6.45) is 1.67. The molecule has 5 nitrogen and oxygen atoms in total. The van der Waals surface area contributed by atoms with E-state index in [1.54, 1.807) is 0 Å². The van der Waals surface area contributed by atoms with Crippen molar-refractivity contribution < 1.29 is 19.1 Å². The Bertz CT molecular complexity index is 566. The number of methoxy groups -OCH3 is 1. The van der Waals surface area contributed by atoms with Gasteiger partial charge in [0, 0.05) is 6.54 Å². The lowest BCUT2D eigenvalue weighted by Gasteiger charge is -2.30. The Morgan fingerprint density at radius 3 is 2.21 bits per heavy atom. The van der Waals surface area contributed by atoms with Gasteiger partial charge in [0.05, 0.1) is 18.6 Å². The largest absolute Gasteiger partial charge is 0.469 e. The van der Waals surface area contributed by atoms with E-state index in [4.69, 9.17) is 9.47 Å². The Kier molecular flexibility index (Phi) is 5.99. The van der Waals surface area contributed by atoms with Gasteiger partial charge in [0.25, 0.3) is 0 Å². The van der Waals surface area contributed by atoms with Crippen molar-refractivity contribution in [3.8, 4) is 0 Å². The molecule has 1 aromatic rings. The van der Waals surface area contributed by atoms with E-state index in [2.05, 4.69) is 4.90 Å². The molecule has 1 saturated heterocycles. The van der Waals surface area contributed by atoms with Crippen molar-refractivity contribution in [2.24, 2.45) is 5.92 Å². The van der Waals surface area contributed by atoms with Gasteiger partial charge in [-0.2, -0.15) is 0 Å². The minimum absolute atomic E-state index is 0.0285. The average molecular weight is 333 g/mol. The third kappa shape index (κ3) is 5.34. The Morgan fingerprint density at radius 1 is 1.12 bits per heavy atom. The quantitative estimate of drug-likeness (QED) is 0.793. The average Bonchev–Trinajstić information content (AvgIpc) is 2.54. The molecular formula is C19H27NO4. The highest BCUT2D eigenvalue weighted by Gasteiger charge is 2.25. The molecule has 0 spiro atoms. The van der Waals surface area contributed by atoms with E-state index in [0.717, 1.165) is 38.0 Å². The number of esters is 2. The number of benzene rings is 1. The molecule has 1 aromatic carbocycles. The first-order valence-corrected chi connectivity index (χ1v) is 8.41. The van der Waals surface area contributed by atoms with Crippen LogP contribution in [0.15, 0.2) is 24.3 Å². The van der Waals surface area contributed by atoms with Gasteiger partial charge in [-0.3, -0.25) is 9.69 Å². The number of piperidine rings is 1. The van der Waals surface area contributed by atoms with E-state index in [9.17, 15) is 9.59 Å². The van der Waals surface area contributed by atoms with Crippen molar-refractivity contribution in [3.05, 3.63) is 35.4 Å². The molecule has 0 saturated carbocycles. The van der Waals surface area contributed by atoms with E-state index in [0.29, 0.717) is 5.56 Å². The Morgan fingerprint density at radius 2 is 1.71 bits per heavy atom. The summed E-state index contributed by atoms with van der Waals surface area (Å²) in [6, 6.07) is 7.55. The van der Waals surface area contributed by atoms with Gasteiger partial charge in [-0.05, 0) is 64.4 Å². The highest BCUT2D eigenvalue weighted by Crippen LogP contribution is 2.20. The summed E-state index contributed by atoms with van der Waals surface area (Å²) in [6.45, 7) is 8.16. The summed E-state index contributed by atoms with van der Waals surface area (Å²) in [4.78, 5) is 25.9. The van der Waals surface area contributed by atoms with Gasteiger partial charge in [-0.15, -0.1) is 0 Å². The van der Waals surface area contributed by atoms with Gasteiger partial charge >= 0.3 is 11.9 Å². The highest BCUT2D eigenvalue weighted by atomic mass is 16.6. The lowest BCUT2D eigenvalue weighted by Crippen LogP contribution is -2.36. The first-order chi connectivity index (χ1) is 11.3. The van der Waals surface area contributed by atoms with Crippen LogP contribution in [0.25, 0.3) is 0 Å². The summed E-state index contributed by atoms with van der Waals surface area (Å²) >= 11 is 0. The Balaban J connectivity index is 1.86. The molecule has 1 fully saturated rings. The lowest BCUT2D eigenvalue weighted by molar-refractivity contribution is -0.147. The standard InChI is InChI=1S/C19H27NO4/c1-19(2,3)24-18(22)15-7-5-14(6-8-15)13-20-11-9-16(10-12-20)17(21)23-4/h5-8,16H,9-13H2,1-4H3. The molecule has 0 amide bonds. The van der Waals surface area contributed by atoms with Crippen LogP contribution in [0.3, 0.4) is 0 Å². The number of nitrogens with zero attached hydrogens (tertiary/aromatic N) is 1. The number of hydrogen-bond donors (Lipinski definition) is 0. The van der Waals surface area contributed by atoms with Crippen molar-refractivity contribution in [1.82, 2.24) is 4.90 Å². The molecule has 1 heterocycles. The summed E-state index contributed by atoms with van der Waals surface area (Å²) in [5.74, 6) is -0.370. The van der Waals surface area contributed by atoms with Crippen molar-refractivity contribution in [1.29, 1.82) is 0 Å². The van der Waals surface area contributed by atoms with Gasteiger partial charge in [-0.1, -0.05) is 12.1 Å². The minimum Gasteiger partial charge on any atom is -0.469 e. The second-order valence-electron chi connectivity index (χ2n) is 7.27. The number of ether oxygens (including phenoxy) is 2. The normalized spacial score (nSPS) is 16.7. The van der Waals surface area contributed by atoms with Gasteiger partial charge in [0.1, 0.15) is 5.60 Å². The van der Waals surface area contributed by atoms with Crippen LogP contribution in [0.2, 0.25) is 0 Å². The molecule has 1 aliphatic heterocycles. The summed E-state index contributed by atoms with van der Waals surface area (Å²) in [5.41, 5.74) is 1.23. The van der Waals surface area contributed by atoms with Crippen LogP contribution < -0.4 is 0 Å². The molecule has 5 heteroatoms. The molecule has 0 N–H and O–H groups in total. The summed E-state index contributed by atoms with van der Waals surface area (Å²) in [5, 5.41) is 0. The van der Waals surface area contributed by atoms with Gasteiger partial charge in [-0.25, -0.2) is 4.79 Å². The monoisotopic (exact) mass is 333 g/mol. The van der Waals surface area contributed by atoms with Crippen molar-refractivity contribution in [3.63, 3.8) is 0 Å². The van der Waals surface area contributed by atoms with Crippen LogP contribution in [-0.4, -0.2) is 42.6 Å². The van der Waals surface area contributed by atoms with Crippen molar-refractivity contribution in [2.45, 2.75) is 45.8 Å². The maximum atomic E-state index is 12.0. The topological polar surface area (TPSA) is 55.8 Å². The molecule has 0 aliphatic carbocycles. The maximum absolute atomic E-state index is 12.0. The van der Waals surface area contributed by atoms with E-state index in [-0.39, 0.29) is 17.9 Å². The van der Waals surface area contributed by atoms with Crippen molar-refractivity contribution in [2.75, 3.05) is 20.2 Å². The van der Waals surface area contributed by atoms with Crippen LogP contribution in [-0.2, 0) is 20.8 Å². The van der Waals surface area contributed by atoms with Crippen LogP contribution in [0.4, 0.5) is 0 Å². The molecule has 0 radical (unpaired) electrons. The molecule has 0 atom stereocenters. The van der Waals surface area contributed by atoms with E-state index in [1.807, 2.05) is 45.0 Å². The number of likely N-dealkylation sites (tertiary alicyclic amines) is 1. The fourth-order valence-corrected chi connectivity index (χ4v) is 2.83. The van der Waals surface area contributed by atoms with Gasteiger partial charge in [0.2, 0.25) is 0 Å². The van der Waals surface area contributed by atoms with Gasteiger partial charge < -0.3 is 9.47 Å². The zero-order valence-electron chi connectivity index (χ0n) is 15.0. The van der Waals surface area contributed by atoms with Crippen LogP contribution in [0.5, 0.6) is 0 Å². The highest BCUT2D eigenvalue weighted by molar-refractivity contribution is 5.89. The molecule has 0 aromatic heterocycles. The lowest BCUT2D eigenvalue weighted by atomic mass is 9.96. The summed E-state index contributed by atoms with van der Waals surface area (Å²) < 4.78 is 10.2. The van der Waals surface area contributed by atoms with Crippen molar-refractivity contribution >= 4 is 11.9 Å². The van der Waals surface area contributed by atoms with E-state index in [1.165, 1.54) is 7.11 Å². The number of rotatable bonds is 4. The Hall–Kier alpha value is -1.88. The number of carbonyl (C=O) groups is 2. The molecule has 1 aliphatic rings. The molecule has 0 bridgehead atoms. The SMILES string of the molecule is COC(=O)C1CCN(Cc2ccc(C(=O)OC(C)(C)C)cc2)CC1. The molecular weight excluding hydrogens is 306 g/mol. The molecule has 2 rings (SSSR count). The van der Waals surface area contributed by atoms with E-state index < -0.39 is 5.60 Å². The fourth-order valence-electron chi connectivity index (χ4n) is 2.83.